The molecule has 2 atom stereocenters. The Morgan fingerprint density at radius 2 is 2.10 bits per heavy atom. The van der Waals surface area contributed by atoms with Gasteiger partial charge in [-0.2, -0.15) is 5.10 Å². The van der Waals surface area contributed by atoms with Gasteiger partial charge in [-0.25, -0.2) is 8.42 Å². The van der Waals surface area contributed by atoms with Crippen molar-refractivity contribution in [3.8, 4) is 0 Å². The molecule has 0 saturated carbocycles. The van der Waals surface area contributed by atoms with Gasteiger partial charge in [0.1, 0.15) is 0 Å². The van der Waals surface area contributed by atoms with E-state index in [2.05, 4.69) is 31.2 Å². The molecule has 1 aromatic heterocycles. The van der Waals surface area contributed by atoms with Crippen molar-refractivity contribution in [2.24, 2.45) is 0 Å². The van der Waals surface area contributed by atoms with E-state index in [1.807, 2.05) is 18.5 Å². The Kier molecular flexibility index (Phi) is 3.99. The van der Waals surface area contributed by atoms with Gasteiger partial charge in [-0.15, -0.1) is 0 Å². The van der Waals surface area contributed by atoms with Crippen LogP contribution in [-0.2, 0) is 16.4 Å². The number of hydrogen-bond acceptors (Lipinski definition) is 4. The summed E-state index contributed by atoms with van der Waals surface area (Å²) in [7, 11) is -2.88. The van der Waals surface area contributed by atoms with Crippen LogP contribution in [0.15, 0.2) is 0 Å². The first-order valence-corrected chi connectivity index (χ1v) is 9.01. The van der Waals surface area contributed by atoms with Crippen molar-refractivity contribution in [2.45, 2.75) is 59.2 Å². The van der Waals surface area contributed by atoms with Crippen LogP contribution >= 0.6 is 0 Å². The van der Waals surface area contributed by atoms with E-state index in [0.29, 0.717) is 6.42 Å². The Labute approximate surface area is 121 Å². The maximum atomic E-state index is 11.7. The Hall–Kier alpha value is -0.880. The summed E-state index contributed by atoms with van der Waals surface area (Å²) in [5.41, 5.74) is 3.05. The maximum absolute atomic E-state index is 11.7. The highest BCUT2D eigenvalue weighted by molar-refractivity contribution is 7.91. The van der Waals surface area contributed by atoms with E-state index < -0.39 is 9.84 Å². The molecule has 1 N–H and O–H groups in total. The predicted molar refractivity (Wildman–Crippen MR) is 80.6 cm³/mol. The van der Waals surface area contributed by atoms with Gasteiger partial charge in [0, 0.05) is 29.4 Å². The second kappa shape index (κ2) is 5.15. The van der Waals surface area contributed by atoms with Crippen LogP contribution < -0.4 is 5.32 Å². The van der Waals surface area contributed by atoms with Crippen LogP contribution in [0.5, 0.6) is 0 Å². The number of aryl methyl sites for hydroxylation is 2. The number of hydrogen-bond donors (Lipinski definition) is 1. The van der Waals surface area contributed by atoms with Crippen molar-refractivity contribution in [2.75, 3.05) is 11.5 Å². The summed E-state index contributed by atoms with van der Waals surface area (Å²) in [5, 5.41) is 8.05. The largest absolute Gasteiger partial charge is 0.304 e. The lowest BCUT2D eigenvalue weighted by Crippen LogP contribution is -2.44. The summed E-state index contributed by atoms with van der Waals surface area (Å²) in [4.78, 5) is 0. The molecular weight excluding hydrogens is 274 g/mol. The van der Waals surface area contributed by atoms with E-state index in [0.717, 1.165) is 17.9 Å². The van der Waals surface area contributed by atoms with Crippen LogP contribution in [0.1, 0.15) is 50.2 Å². The Morgan fingerprint density at radius 3 is 2.55 bits per heavy atom. The fourth-order valence-electron chi connectivity index (χ4n) is 3.36. The average Bonchev–Trinajstić information content (AvgIpc) is 2.75. The summed E-state index contributed by atoms with van der Waals surface area (Å²) >= 11 is 0. The third-order valence-corrected chi connectivity index (χ3v) is 6.14. The van der Waals surface area contributed by atoms with Crippen molar-refractivity contribution < 1.29 is 8.42 Å². The van der Waals surface area contributed by atoms with Gasteiger partial charge < -0.3 is 5.32 Å². The number of sulfone groups is 1. The lowest BCUT2D eigenvalue weighted by molar-refractivity contribution is 0.354. The lowest BCUT2D eigenvalue weighted by atomic mass is 9.97. The first-order valence-electron chi connectivity index (χ1n) is 7.19. The highest BCUT2D eigenvalue weighted by Gasteiger charge is 2.39. The first kappa shape index (κ1) is 15.5. The van der Waals surface area contributed by atoms with E-state index in [-0.39, 0.29) is 23.1 Å². The standard InChI is InChI=1S/C14H25N3O2S/c1-6-17-12(4)13(11(3)16-17)10(2)15-14(5)7-8-20(18,19)9-14/h10,15H,6-9H2,1-5H3. The molecule has 1 aromatic rings. The van der Waals surface area contributed by atoms with Crippen molar-refractivity contribution in [3.05, 3.63) is 17.0 Å². The predicted octanol–water partition coefficient (Wildman–Crippen LogP) is 1.75. The Morgan fingerprint density at radius 1 is 1.45 bits per heavy atom. The third-order valence-electron chi connectivity index (χ3n) is 4.24. The van der Waals surface area contributed by atoms with Gasteiger partial charge in [0.15, 0.2) is 9.84 Å². The smallest absolute Gasteiger partial charge is 0.152 e. The summed E-state index contributed by atoms with van der Waals surface area (Å²) in [6, 6.07) is 0.105. The molecular formula is C14H25N3O2S. The van der Waals surface area contributed by atoms with Gasteiger partial charge in [-0.1, -0.05) is 0 Å². The van der Waals surface area contributed by atoms with E-state index in [1.54, 1.807) is 0 Å². The van der Waals surface area contributed by atoms with Crippen LogP contribution in [-0.4, -0.2) is 35.2 Å². The third kappa shape index (κ3) is 2.91. The van der Waals surface area contributed by atoms with Gasteiger partial charge in [-0.05, 0) is 41.0 Å². The van der Waals surface area contributed by atoms with Crippen LogP contribution in [0.2, 0.25) is 0 Å². The molecule has 2 rings (SSSR count). The molecule has 114 valence electrons. The molecule has 20 heavy (non-hydrogen) atoms. The normalized spacial score (nSPS) is 26.9. The fourth-order valence-corrected chi connectivity index (χ4v) is 5.47. The number of nitrogens with one attached hydrogen (secondary N) is 1. The Bertz CT molecular complexity index is 606. The molecule has 0 spiro atoms. The number of rotatable bonds is 4. The first-order chi connectivity index (χ1) is 9.17. The van der Waals surface area contributed by atoms with Crippen molar-refractivity contribution in [1.29, 1.82) is 0 Å². The highest BCUT2D eigenvalue weighted by Crippen LogP contribution is 2.29. The summed E-state index contributed by atoms with van der Waals surface area (Å²) < 4.78 is 25.4. The molecule has 6 heteroatoms. The Balaban J connectivity index is 2.21. The van der Waals surface area contributed by atoms with Gasteiger partial charge in [0.05, 0.1) is 17.2 Å². The molecule has 5 nitrogen and oxygen atoms in total. The SMILES string of the molecule is CCn1nc(C)c(C(C)NC2(C)CCS(=O)(=O)C2)c1C. The van der Waals surface area contributed by atoms with Crippen molar-refractivity contribution >= 4 is 9.84 Å². The number of nitrogens with zero attached hydrogens (tertiary/aromatic N) is 2. The highest BCUT2D eigenvalue weighted by atomic mass is 32.2. The van der Waals surface area contributed by atoms with E-state index in [9.17, 15) is 8.42 Å². The molecule has 0 bridgehead atoms. The van der Waals surface area contributed by atoms with Gasteiger partial charge >= 0.3 is 0 Å². The topological polar surface area (TPSA) is 64.0 Å². The van der Waals surface area contributed by atoms with Gasteiger partial charge in [-0.3, -0.25) is 4.68 Å². The summed E-state index contributed by atoms with van der Waals surface area (Å²) in [6.45, 7) is 11.1. The molecule has 1 aliphatic rings. The quantitative estimate of drug-likeness (QED) is 0.920. The second-order valence-corrected chi connectivity index (χ2v) is 8.35. The van der Waals surface area contributed by atoms with Crippen LogP contribution in [0, 0.1) is 13.8 Å². The van der Waals surface area contributed by atoms with E-state index in [1.165, 1.54) is 5.56 Å². The molecule has 0 aromatic carbocycles. The van der Waals surface area contributed by atoms with Crippen LogP contribution in [0.3, 0.4) is 0 Å². The average molecular weight is 299 g/mol. The molecule has 1 fully saturated rings. The van der Waals surface area contributed by atoms with Crippen LogP contribution in [0.25, 0.3) is 0 Å². The van der Waals surface area contributed by atoms with E-state index in [4.69, 9.17) is 0 Å². The monoisotopic (exact) mass is 299 g/mol. The zero-order valence-electron chi connectivity index (χ0n) is 13.0. The molecule has 1 saturated heterocycles. The molecule has 1 aliphatic heterocycles. The van der Waals surface area contributed by atoms with E-state index >= 15 is 0 Å². The maximum Gasteiger partial charge on any atom is 0.152 e. The van der Waals surface area contributed by atoms with Crippen LogP contribution in [0.4, 0.5) is 0 Å². The minimum absolute atomic E-state index is 0.105. The molecule has 0 aliphatic carbocycles. The van der Waals surface area contributed by atoms with Crippen molar-refractivity contribution in [3.63, 3.8) is 0 Å². The fraction of sp³-hybridized carbons (Fsp3) is 0.786. The molecule has 0 radical (unpaired) electrons. The zero-order chi connectivity index (χ0) is 15.1. The minimum atomic E-state index is -2.88. The zero-order valence-corrected chi connectivity index (χ0v) is 13.8. The van der Waals surface area contributed by atoms with Gasteiger partial charge in [0.25, 0.3) is 0 Å². The molecule has 2 unspecified atom stereocenters. The number of aromatic nitrogens is 2. The minimum Gasteiger partial charge on any atom is -0.304 e. The molecule has 0 amide bonds. The van der Waals surface area contributed by atoms with Crippen molar-refractivity contribution in [1.82, 2.24) is 15.1 Å². The molecule has 2 heterocycles. The lowest BCUT2D eigenvalue weighted by Gasteiger charge is -2.29. The second-order valence-electron chi connectivity index (χ2n) is 6.17. The summed E-state index contributed by atoms with van der Waals surface area (Å²) in [6.07, 6.45) is 0.680. The summed E-state index contributed by atoms with van der Waals surface area (Å²) in [5.74, 6) is 0.514. The van der Waals surface area contributed by atoms with Gasteiger partial charge in [0.2, 0.25) is 0 Å².